The average molecular weight is 231 g/mol. The molecule has 1 fully saturated rings. The van der Waals surface area contributed by atoms with E-state index in [-0.39, 0.29) is 0 Å². The van der Waals surface area contributed by atoms with E-state index in [0.717, 1.165) is 0 Å². The summed E-state index contributed by atoms with van der Waals surface area (Å²) in [6, 6.07) is 5.40. The number of nitrogens with zero attached hydrogens (tertiary/aromatic N) is 2. The molecule has 0 aromatic carbocycles. The highest BCUT2D eigenvalue weighted by molar-refractivity contribution is 5.28. The van der Waals surface area contributed by atoms with Gasteiger partial charge in [-0.15, -0.1) is 0 Å². The molecule has 0 saturated carbocycles. The summed E-state index contributed by atoms with van der Waals surface area (Å²) >= 11 is 0. The van der Waals surface area contributed by atoms with Crippen LogP contribution in [-0.2, 0) is 6.42 Å². The molecular weight excluding hydrogens is 210 g/mol. The molecule has 92 valence electrons. The molecule has 17 heavy (non-hydrogen) atoms. The maximum Gasteiger partial charge on any atom is 0.0605 e. The van der Waals surface area contributed by atoms with Gasteiger partial charge in [0.25, 0.3) is 0 Å². The van der Waals surface area contributed by atoms with Crippen molar-refractivity contribution in [1.29, 1.82) is 0 Å². The molecule has 3 rings (SSSR count). The van der Waals surface area contributed by atoms with Gasteiger partial charge in [-0.1, -0.05) is 6.07 Å². The Kier molecular flexibility index (Phi) is 3.12. The molecule has 0 spiro atoms. The first-order valence-corrected chi connectivity index (χ1v) is 6.71. The summed E-state index contributed by atoms with van der Waals surface area (Å²) in [6.45, 7) is 2.43. The van der Waals surface area contributed by atoms with E-state index in [0.29, 0.717) is 12.1 Å². The van der Waals surface area contributed by atoms with Crippen LogP contribution in [0.3, 0.4) is 0 Å². The van der Waals surface area contributed by atoms with E-state index in [1.165, 1.54) is 50.0 Å². The van der Waals surface area contributed by atoms with Gasteiger partial charge in [0, 0.05) is 18.8 Å². The van der Waals surface area contributed by atoms with Crippen molar-refractivity contribution in [1.82, 2.24) is 15.2 Å². The molecule has 2 atom stereocenters. The number of likely N-dealkylation sites (N-methyl/N-ethyl adjacent to an activating group) is 1. The van der Waals surface area contributed by atoms with Crippen molar-refractivity contribution in [2.45, 2.75) is 37.8 Å². The van der Waals surface area contributed by atoms with Crippen LogP contribution in [0.5, 0.6) is 0 Å². The molecule has 0 amide bonds. The largest absolute Gasteiger partial charge is 0.305 e. The van der Waals surface area contributed by atoms with Crippen LogP contribution in [0.1, 0.15) is 36.6 Å². The third kappa shape index (κ3) is 2.35. The second kappa shape index (κ2) is 4.75. The standard InChI is InChI=1S/C14H21N3/c1-17-9-3-5-12(10-17)16-13-7-6-11-4-2-8-15-14(11)13/h2,4,8,12-13,16H,3,5-7,9-10H2,1H3. The molecule has 1 N–H and O–H groups in total. The zero-order valence-electron chi connectivity index (χ0n) is 10.5. The lowest BCUT2D eigenvalue weighted by Crippen LogP contribution is -2.45. The molecule has 3 heteroatoms. The Hall–Kier alpha value is -0.930. The van der Waals surface area contributed by atoms with Gasteiger partial charge in [0.2, 0.25) is 0 Å². The highest BCUT2D eigenvalue weighted by atomic mass is 15.1. The van der Waals surface area contributed by atoms with Crippen molar-refractivity contribution >= 4 is 0 Å². The minimum absolute atomic E-state index is 0.489. The van der Waals surface area contributed by atoms with Crippen LogP contribution in [-0.4, -0.2) is 36.1 Å². The minimum atomic E-state index is 0.489. The molecule has 2 unspecified atom stereocenters. The molecule has 1 aromatic heterocycles. The van der Waals surface area contributed by atoms with Crippen molar-refractivity contribution in [2.75, 3.05) is 20.1 Å². The second-order valence-corrected chi connectivity index (χ2v) is 5.41. The number of nitrogens with one attached hydrogen (secondary N) is 1. The zero-order valence-corrected chi connectivity index (χ0v) is 10.5. The van der Waals surface area contributed by atoms with Crippen molar-refractivity contribution in [3.8, 4) is 0 Å². The van der Waals surface area contributed by atoms with E-state index in [4.69, 9.17) is 0 Å². The first-order chi connectivity index (χ1) is 8.33. The van der Waals surface area contributed by atoms with E-state index in [1.54, 1.807) is 0 Å². The number of aromatic nitrogens is 1. The summed E-state index contributed by atoms with van der Waals surface area (Å²) in [6.07, 6.45) is 6.95. The van der Waals surface area contributed by atoms with Gasteiger partial charge in [-0.05, 0) is 50.9 Å². The zero-order chi connectivity index (χ0) is 11.7. The van der Waals surface area contributed by atoms with Crippen molar-refractivity contribution < 1.29 is 0 Å². The summed E-state index contributed by atoms with van der Waals surface area (Å²) in [5.74, 6) is 0. The Morgan fingerprint density at radius 1 is 1.41 bits per heavy atom. The van der Waals surface area contributed by atoms with Crippen LogP contribution in [0.2, 0.25) is 0 Å². The quantitative estimate of drug-likeness (QED) is 0.840. The highest BCUT2D eigenvalue weighted by Gasteiger charge is 2.27. The van der Waals surface area contributed by atoms with Crippen LogP contribution < -0.4 is 5.32 Å². The van der Waals surface area contributed by atoms with E-state index in [2.05, 4.69) is 34.4 Å². The number of hydrogen-bond donors (Lipinski definition) is 1. The van der Waals surface area contributed by atoms with Gasteiger partial charge in [-0.3, -0.25) is 4.98 Å². The van der Waals surface area contributed by atoms with Gasteiger partial charge in [0.15, 0.2) is 0 Å². The molecule has 0 bridgehead atoms. The predicted octanol–water partition coefficient (Wildman–Crippen LogP) is 1.75. The van der Waals surface area contributed by atoms with E-state index >= 15 is 0 Å². The summed E-state index contributed by atoms with van der Waals surface area (Å²) in [4.78, 5) is 6.98. The van der Waals surface area contributed by atoms with Crippen molar-refractivity contribution in [3.05, 3.63) is 29.6 Å². The highest BCUT2D eigenvalue weighted by Crippen LogP contribution is 2.29. The maximum absolute atomic E-state index is 4.55. The van der Waals surface area contributed by atoms with Crippen molar-refractivity contribution in [2.24, 2.45) is 0 Å². The SMILES string of the molecule is CN1CCCC(NC2CCc3cccnc32)C1. The number of likely N-dealkylation sites (tertiary alicyclic amines) is 1. The summed E-state index contributed by atoms with van der Waals surface area (Å²) < 4.78 is 0. The smallest absolute Gasteiger partial charge is 0.0605 e. The molecule has 1 aromatic rings. The van der Waals surface area contributed by atoms with Crippen LogP contribution in [0, 0.1) is 0 Å². The van der Waals surface area contributed by atoms with Gasteiger partial charge < -0.3 is 10.2 Å². The molecule has 2 aliphatic rings. The fourth-order valence-corrected chi connectivity index (χ4v) is 3.16. The van der Waals surface area contributed by atoms with Gasteiger partial charge in [-0.25, -0.2) is 0 Å². The van der Waals surface area contributed by atoms with E-state index < -0.39 is 0 Å². The fraction of sp³-hybridized carbons (Fsp3) is 0.643. The number of pyridine rings is 1. The molecule has 1 saturated heterocycles. The molecule has 0 radical (unpaired) electrons. The van der Waals surface area contributed by atoms with E-state index in [9.17, 15) is 0 Å². The number of fused-ring (bicyclic) bond motifs is 1. The molecule has 1 aliphatic heterocycles. The Labute approximate surface area is 103 Å². The van der Waals surface area contributed by atoms with E-state index in [1.807, 2.05) is 6.20 Å². The summed E-state index contributed by atoms with van der Waals surface area (Å²) in [5.41, 5.74) is 2.73. The van der Waals surface area contributed by atoms with Crippen LogP contribution >= 0.6 is 0 Å². The number of piperidine rings is 1. The topological polar surface area (TPSA) is 28.2 Å². The van der Waals surface area contributed by atoms with Crippen LogP contribution in [0.25, 0.3) is 0 Å². The molecule has 3 nitrogen and oxygen atoms in total. The first-order valence-electron chi connectivity index (χ1n) is 6.71. The minimum Gasteiger partial charge on any atom is -0.305 e. The number of aryl methyl sites for hydroxylation is 1. The van der Waals surface area contributed by atoms with Gasteiger partial charge >= 0.3 is 0 Å². The lowest BCUT2D eigenvalue weighted by Gasteiger charge is -2.32. The number of rotatable bonds is 2. The molecule has 2 heterocycles. The van der Waals surface area contributed by atoms with Gasteiger partial charge in [0.1, 0.15) is 0 Å². The van der Waals surface area contributed by atoms with Crippen LogP contribution in [0.15, 0.2) is 18.3 Å². The maximum atomic E-state index is 4.55. The number of hydrogen-bond acceptors (Lipinski definition) is 3. The lowest BCUT2D eigenvalue weighted by atomic mass is 10.0. The monoisotopic (exact) mass is 231 g/mol. The van der Waals surface area contributed by atoms with Gasteiger partial charge in [0.05, 0.1) is 11.7 Å². The summed E-state index contributed by atoms with van der Waals surface area (Å²) in [5, 5.41) is 3.80. The summed E-state index contributed by atoms with van der Waals surface area (Å²) in [7, 11) is 2.22. The second-order valence-electron chi connectivity index (χ2n) is 5.41. The van der Waals surface area contributed by atoms with Gasteiger partial charge in [-0.2, -0.15) is 0 Å². The first kappa shape index (κ1) is 11.2. The molecule has 1 aliphatic carbocycles. The lowest BCUT2D eigenvalue weighted by molar-refractivity contribution is 0.215. The van der Waals surface area contributed by atoms with Crippen molar-refractivity contribution in [3.63, 3.8) is 0 Å². The fourth-order valence-electron chi connectivity index (χ4n) is 3.16. The predicted molar refractivity (Wildman–Crippen MR) is 69.0 cm³/mol. The molecular formula is C14H21N3. The Morgan fingerprint density at radius 3 is 3.24 bits per heavy atom. The Bertz CT molecular complexity index is 391. The third-order valence-corrected chi connectivity index (χ3v) is 4.02. The normalized spacial score (nSPS) is 29.2. The average Bonchev–Trinajstić information content (AvgIpc) is 2.73. The third-order valence-electron chi connectivity index (χ3n) is 4.02. The van der Waals surface area contributed by atoms with Crippen LogP contribution in [0.4, 0.5) is 0 Å². The Balaban J connectivity index is 1.67. The Morgan fingerprint density at radius 2 is 2.35 bits per heavy atom.